The minimum atomic E-state index is -3.56. The van der Waals surface area contributed by atoms with Crippen LogP contribution >= 0.6 is 12.4 Å². The van der Waals surface area contributed by atoms with Crippen molar-refractivity contribution in [3.63, 3.8) is 0 Å². The number of halogens is 1. The summed E-state index contributed by atoms with van der Waals surface area (Å²) in [6.45, 7) is 3.07. The summed E-state index contributed by atoms with van der Waals surface area (Å²) < 4.78 is 29.8. The number of rotatable bonds is 7. The first-order chi connectivity index (χ1) is 11.3. The first kappa shape index (κ1) is 21.7. The molecule has 1 aliphatic rings. The Balaban J connectivity index is 0.00000312. The zero-order chi connectivity index (χ0) is 17.7. The van der Waals surface area contributed by atoms with E-state index in [1.54, 1.807) is 19.1 Å². The third kappa shape index (κ3) is 5.85. The molecule has 1 amide bonds. The first-order valence-corrected chi connectivity index (χ1v) is 9.52. The van der Waals surface area contributed by atoms with Crippen LogP contribution in [0.2, 0.25) is 0 Å². The number of benzene rings is 1. The number of β-amino-alcohol motifs (C(OH)–C–C–N with tert-alkyl or cyclic N) is 1. The van der Waals surface area contributed by atoms with E-state index in [9.17, 15) is 18.3 Å². The zero-order valence-corrected chi connectivity index (χ0v) is 15.9. The highest BCUT2D eigenvalue weighted by Crippen LogP contribution is 2.18. The van der Waals surface area contributed by atoms with Gasteiger partial charge in [-0.15, -0.1) is 12.4 Å². The first-order valence-electron chi connectivity index (χ1n) is 7.87. The van der Waals surface area contributed by atoms with E-state index in [-0.39, 0.29) is 34.9 Å². The van der Waals surface area contributed by atoms with Crippen molar-refractivity contribution in [1.29, 1.82) is 0 Å². The number of amides is 1. The van der Waals surface area contributed by atoms with Gasteiger partial charge in [-0.25, -0.2) is 8.42 Å². The Morgan fingerprint density at radius 2 is 2.00 bits per heavy atom. The van der Waals surface area contributed by atoms with Crippen molar-refractivity contribution >= 4 is 28.2 Å². The molecule has 7 nitrogen and oxygen atoms in total. The Hall–Kier alpha value is -1.35. The van der Waals surface area contributed by atoms with Gasteiger partial charge >= 0.3 is 0 Å². The molecule has 0 aliphatic carbocycles. The van der Waals surface area contributed by atoms with E-state index in [0.717, 1.165) is 0 Å². The van der Waals surface area contributed by atoms with E-state index < -0.39 is 21.9 Å². The summed E-state index contributed by atoms with van der Waals surface area (Å²) in [6, 6.07) is 6.09. The fourth-order valence-electron chi connectivity index (χ4n) is 2.62. The maximum Gasteiger partial charge on any atom is 0.223 e. The van der Waals surface area contributed by atoms with Crippen LogP contribution in [0.3, 0.4) is 0 Å². The van der Waals surface area contributed by atoms with Gasteiger partial charge in [-0.1, -0.05) is 6.92 Å². The Morgan fingerprint density at radius 3 is 2.52 bits per heavy atom. The summed E-state index contributed by atoms with van der Waals surface area (Å²) in [5.74, 6) is -0.742. The van der Waals surface area contributed by atoms with Crippen molar-refractivity contribution < 1.29 is 23.1 Å². The van der Waals surface area contributed by atoms with Crippen LogP contribution in [0, 0.1) is 11.8 Å². The second-order valence-corrected chi connectivity index (χ2v) is 8.12. The molecule has 3 N–H and O–H groups in total. The minimum Gasteiger partial charge on any atom is -0.497 e. The maximum atomic E-state index is 12.4. The summed E-state index contributed by atoms with van der Waals surface area (Å²) in [6.07, 6.45) is -0.483. The van der Waals surface area contributed by atoms with Crippen LogP contribution in [-0.2, 0) is 14.6 Å². The summed E-state index contributed by atoms with van der Waals surface area (Å²) >= 11 is 0. The van der Waals surface area contributed by atoms with E-state index in [0.29, 0.717) is 25.4 Å². The van der Waals surface area contributed by atoms with Gasteiger partial charge in [0.05, 0.1) is 23.9 Å². The topological polar surface area (TPSA) is 105 Å². The average molecular weight is 393 g/mol. The Labute approximate surface area is 154 Å². The predicted molar refractivity (Wildman–Crippen MR) is 96.8 cm³/mol. The number of methoxy groups -OCH3 is 1. The highest BCUT2D eigenvalue weighted by atomic mass is 35.5. The fourth-order valence-corrected chi connectivity index (χ4v) is 4.17. The minimum absolute atomic E-state index is 0. The molecule has 1 saturated heterocycles. The van der Waals surface area contributed by atoms with Gasteiger partial charge < -0.3 is 20.5 Å². The van der Waals surface area contributed by atoms with Crippen LogP contribution in [0.1, 0.15) is 6.92 Å². The van der Waals surface area contributed by atoms with Crippen LogP contribution in [-0.4, -0.2) is 58.0 Å². The average Bonchev–Trinajstić information content (AvgIpc) is 2.97. The molecular formula is C16H25ClN2O5S. The number of carbonyl (C=O) groups excluding carboxylic acids is 1. The molecule has 1 aromatic carbocycles. The number of nitrogens with one attached hydrogen (secondary N) is 2. The molecule has 0 bridgehead atoms. The van der Waals surface area contributed by atoms with Crippen molar-refractivity contribution in [2.45, 2.75) is 17.9 Å². The molecule has 9 heteroatoms. The Morgan fingerprint density at radius 1 is 1.36 bits per heavy atom. The van der Waals surface area contributed by atoms with E-state index in [2.05, 4.69) is 10.6 Å². The molecule has 142 valence electrons. The van der Waals surface area contributed by atoms with E-state index in [1.807, 2.05) is 0 Å². The molecule has 2 rings (SSSR count). The molecule has 25 heavy (non-hydrogen) atoms. The van der Waals surface area contributed by atoms with Crippen LogP contribution < -0.4 is 15.4 Å². The lowest BCUT2D eigenvalue weighted by Gasteiger charge is -2.17. The lowest BCUT2D eigenvalue weighted by molar-refractivity contribution is -0.124. The van der Waals surface area contributed by atoms with Gasteiger partial charge in [-0.05, 0) is 24.3 Å². The largest absolute Gasteiger partial charge is 0.497 e. The molecule has 0 radical (unpaired) electrons. The number of carbonyl (C=O) groups is 1. The normalized spacial score (nSPS) is 21.2. The summed E-state index contributed by atoms with van der Waals surface area (Å²) in [4.78, 5) is 12.3. The summed E-state index contributed by atoms with van der Waals surface area (Å²) in [5.41, 5.74) is 0. The molecule has 1 aromatic rings. The van der Waals surface area contributed by atoms with Crippen molar-refractivity contribution in [3.8, 4) is 5.75 Å². The van der Waals surface area contributed by atoms with Crippen molar-refractivity contribution in [3.05, 3.63) is 24.3 Å². The second-order valence-electron chi connectivity index (χ2n) is 6.09. The predicted octanol–water partition coefficient (Wildman–Crippen LogP) is 0.223. The van der Waals surface area contributed by atoms with Crippen molar-refractivity contribution in [2.75, 3.05) is 32.5 Å². The lowest BCUT2D eigenvalue weighted by atomic mass is 10.1. The zero-order valence-electron chi connectivity index (χ0n) is 14.3. The number of hydrogen-bond donors (Lipinski definition) is 3. The Bertz CT molecular complexity index is 666. The van der Waals surface area contributed by atoms with Gasteiger partial charge in [0.25, 0.3) is 0 Å². The fraction of sp³-hybridized carbons (Fsp3) is 0.562. The molecule has 0 aromatic heterocycles. The molecular weight excluding hydrogens is 368 g/mol. The summed E-state index contributed by atoms with van der Waals surface area (Å²) in [7, 11) is -2.05. The van der Waals surface area contributed by atoms with Gasteiger partial charge in [-0.2, -0.15) is 0 Å². The van der Waals surface area contributed by atoms with E-state index >= 15 is 0 Å². The SMILES string of the molecule is COc1ccc(S(=O)(=O)CC(C)C(=O)NCC2CNCC2O)cc1.Cl. The molecule has 1 fully saturated rings. The number of aliphatic hydroxyl groups is 1. The third-order valence-corrected chi connectivity index (χ3v) is 6.11. The Kier molecular flexibility index (Phi) is 8.14. The van der Waals surface area contributed by atoms with Crippen molar-refractivity contribution in [2.24, 2.45) is 11.8 Å². The van der Waals surface area contributed by atoms with Gasteiger partial charge in [0, 0.05) is 31.5 Å². The highest BCUT2D eigenvalue weighted by Gasteiger charge is 2.27. The van der Waals surface area contributed by atoms with Gasteiger partial charge in [0.2, 0.25) is 5.91 Å². The summed E-state index contributed by atoms with van der Waals surface area (Å²) in [5, 5.41) is 15.5. The van der Waals surface area contributed by atoms with E-state index in [4.69, 9.17) is 4.74 Å². The quantitative estimate of drug-likeness (QED) is 0.613. The highest BCUT2D eigenvalue weighted by molar-refractivity contribution is 7.91. The van der Waals surface area contributed by atoms with Gasteiger partial charge in [-0.3, -0.25) is 4.79 Å². The lowest BCUT2D eigenvalue weighted by Crippen LogP contribution is -2.38. The molecule has 1 aliphatic heterocycles. The number of sulfone groups is 1. The molecule has 3 unspecified atom stereocenters. The van der Waals surface area contributed by atoms with Crippen molar-refractivity contribution in [1.82, 2.24) is 10.6 Å². The standard InChI is InChI=1S/C16H24N2O5S.ClH/c1-11(16(20)18-8-12-7-17-9-15(12)19)10-24(21,22)14-5-3-13(23-2)4-6-14;/h3-6,11-12,15,17,19H,7-10H2,1-2H3,(H,18,20);1H. The monoisotopic (exact) mass is 392 g/mol. The third-order valence-electron chi connectivity index (χ3n) is 4.18. The molecule has 0 saturated carbocycles. The molecule has 3 atom stereocenters. The van der Waals surface area contributed by atoms with Crippen LogP contribution in [0.15, 0.2) is 29.2 Å². The molecule has 1 heterocycles. The maximum absolute atomic E-state index is 12.4. The van der Waals surface area contributed by atoms with E-state index in [1.165, 1.54) is 19.2 Å². The van der Waals surface area contributed by atoms with Gasteiger partial charge in [0.1, 0.15) is 5.75 Å². The number of aliphatic hydroxyl groups excluding tert-OH is 1. The van der Waals surface area contributed by atoms with Crippen LogP contribution in [0.25, 0.3) is 0 Å². The second kappa shape index (κ2) is 9.38. The number of hydrogen-bond acceptors (Lipinski definition) is 6. The van der Waals surface area contributed by atoms with Crippen LogP contribution in [0.4, 0.5) is 0 Å². The van der Waals surface area contributed by atoms with Crippen LogP contribution in [0.5, 0.6) is 5.75 Å². The van der Waals surface area contributed by atoms with Gasteiger partial charge in [0.15, 0.2) is 9.84 Å². The number of ether oxygens (including phenoxy) is 1. The molecule has 0 spiro atoms. The smallest absolute Gasteiger partial charge is 0.223 e.